The highest BCUT2D eigenvalue weighted by atomic mass is 32.2. The van der Waals surface area contributed by atoms with E-state index in [9.17, 15) is 0 Å². The van der Waals surface area contributed by atoms with E-state index >= 15 is 0 Å². The molecule has 0 aliphatic carbocycles. The molecule has 3 nitrogen and oxygen atoms in total. The molecule has 2 rings (SSSR count). The molecule has 0 saturated carbocycles. The molecule has 2 heterocycles. The largest absolute Gasteiger partial charge is 0.299 e. The van der Waals surface area contributed by atoms with Crippen molar-refractivity contribution >= 4 is 11.8 Å². The van der Waals surface area contributed by atoms with Gasteiger partial charge in [-0.25, -0.2) is 0 Å². The van der Waals surface area contributed by atoms with Gasteiger partial charge in [-0.2, -0.15) is 0 Å². The van der Waals surface area contributed by atoms with Gasteiger partial charge in [-0.1, -0.05) is 20.3 Å². The van der Waals surface area contributed by atoms with Gasteiger partial charge in [0.25, 0.3) is 0 Å². The second kappa shape index (κ2) is 7.20. The molecule has 4 heteroatoms. The lowest BCUT2D eigenvalue weighted by atomic mass is 10.0. The summed E-state index contributed by atoms with van der Waals surface area (Å²) in [6, 6.07) is 0.746. The zero-order chi connectivity index (χ0) is 15.6. The molecular weight excluding hydrogens is 278 g/mol. The second-order valence-corrected chi connectivity index (χ2v) is 9.04. The zero-order valence-corrected chi connectivity index (χ0v) is 15.7. The fourth-order valence-electron chi connectivity index (χ4n) is 3.50. The van der Waals surface area contributed by atoms with Crippen molar-refractivity contribution in [2.75, 3.05) is 45.5 Å². The predicted molar refractivity (Wildman–Crippen MR) is 95.0 cm³/mol. The van der Waals surface area contributed by atoms with Crippen molar-refractivity contribution in [3.8, 4) is 0 Å². The fraction of sp³-hybridized carbons (Fsp3) is 1.00. The summed E-state index contributed by atoms with van der Waals surface area (Å²) in [5.41, 5.74) is 0.327. The van der Waals surface area contributed by atoms with Gasteiger partial charge in [0.05, 0.1) is 5.37 Å². The molecule has 124 valence electrons. The fourth-order valence-corrected chi connectivity index (χ4v) is 5.19. The highest BCUT2D eigenvalue weighted by Gasteiger charge is 2.35. The molecule has 2 aliphatic rings. The Morgan fingerprint density at radius 3 is 2.29 bits per heavy atom. The van der Waals surface area contributed by atoms with E-state index in [0.717, 1.165) is 17.3 Å². The molecule has 0 aromatic carbocycles. The standard InChI is InChI=1S/C17H35N3S/c1-7-14(2)16-18(6)15(13-21-16)12-19-8-10-20(11-9-19)17(3,4)5/h14-16H,7-13H2,1-6H3. The van der Waals surface area contributed by atoms with Gasteiger partial charge in [-0.15, -0.1) is 11.8 Å². The molecule has 0 bridgehead atoms. The van der Waals surface area contributed by atoms with Crippen molar-refractivity contribution in [1.82, 2.24) is 14.7 Å². The first-order chi connectivity index (χ1) is 9.82. The maximum Gasteiger partial charge on any atom is 0.0584 e. The lowest BCUT2D eigenvalue weighted by molar-refractivity contribution is 0.0501. The molecular formula is C17H35N3S. The van der Waals surface area contributed by atoms with Crippen molar-refractivity contribution < 1.29 is 0 Å². The summed E-state index contributed by atoms with van der Waals surface area (Å²) in [5, 5.41) is 0.732. The number of piperazine rings is 1. The average Bonchev–Trinajstić information content (AvgIpc) is 2.79. The summed E-state index contributed by atoms with van der Waals surface area (Å²) in [4.78, 5) is 7.95. The monoisotopic (exact) mass is 313 g/mol. The quantitative estimate of drug-likeness (QED) is 0.789. The topological polar surface area (TPSA) is 9.72 Å². The number of thioether (sulfide) groups is 1. The first kappa shape index (κ1) is 17.6. The van der Waals surface area contributed by atoms with Crippen LogP contribution in [0.15, 0.2) is 0 Å². The van der Waals surface area contributed by atoms with Crippen LogP contribution >= 0.6 is 11.8 Å². The summed E-state index contributed by atoms with van der Waals surface area (Å²) in [6.45, 7) is 17.9. The Balaban J connectivity index is 1.79. The Kier molecular flexibility index (Phi) is 6.03. The summed E-state index contributed by atoms with van der Waals surface area (Å²) in [6.07, 6.45) is 1.29. The molecule has 0 aromatic rings. The summed E-state index contributed by atoms with van der Waals surface area (Å²) in [5.74, 6) is 2.12. The van der Waals surface area contributed by atoms with Crippen molar-refractivity contribution in [3.63, 3.8) is 0 Å². The van der Waals surface area contributed by atoms with Crippen LogP contribution in [0.2, 0.25) is 0 Å². The van der Waals surface area contributed by atoms with Crippen LogP contribution < -0.4 is 0 Å². The van der Waals surface area contributed by atoms with Crippen molar-refractivity contribution in [2.45, 2.75) is 58.0 Å². The van der Waals surface area contributed by atoms with E-state index in [-0.39, 0.29) is 0 Å². The molecule has 0 N–H and O–H groups in total. The van der Waals surface area contributed by atoms with Gasteiger partial charge in [0, 0.05) is 50.1 Å². The summed E-state index contributed by atoms with van der Waals surface area (Å²) >= 11 is 2.17. The Hall–Kier alpha value is 0.230. The van der Waals surface area contributed by atoms with Crippen molar-refractivity contribution in [3.05, 3.63) is 0 Å². The molecule has 2 saturated heterocycles. The molecule has 0 spiro atoms. The van der Waals surface area contributed by atoms with E-state index in [1.807, 2.05) is 0 Å². The van der Waals surface area contributed by atoms with Gasteiger partial charge >= 0.3 is 0 Å². The third kappa shape index (κ3) is 4.37. The lowest BCUT2D eigenvalue weighted by Gasteiger charge is -2.43. The van der Waals surface area contributed by atoms with Crippen LogP contribution in [0.5, 0.6) is 0 Å². The van der Waals surface area contributed by atoms with E-state index in [1.54, 1.807) is 0 Å². The third-order valence-corrected chi connectivity index (χ3v) is 7.07. The molecule has 21 heavy (non-hydrogen) atoms. The Morgan fingerprint density at radius 1 is 1.14 bits per heavy atom. The first-order valence-corrected chi connectivity index (χ1v) is 9.68. The average molecular weight is 314 g/mol. The minimum absolute atomic E-state index is 0.327. The van der Waals surface area contributed by atoms with Crippen LogP contribution in [0, 0.1) is 5.92 Å². The van der Waals surface area contributed by atoms with Crippen molar-refractivity contribution in [1.29, 1.82) is 0 Å². The van der Waals surface area contributed by atoms with E-state index in [2.05, 4.69) is 68.1 Å². The number of likely N-dealkylation sites (N-methyl/N-ethyl adjacent to an activating group) is 1. The maximum atomic E-state index is 2.68. The van der Waals surface area contributed by atoms with Crippen LogP contribution in [0.3, 0.4) is 0 Å². The Labute approximate surface area is 136 Å². The van der Waals surface area contributed by atoms with Crippen LogP contribution in [0.4, 0.5) is 0 Å². The molecule has 0 aromatic heterocycles. The van der Waals surface area contributed by atoms with Crippen LogP contribution in [0.25, 0.3) is 0 Å². The molecule has 3 unspecified atom stereocenters. The van der Waals surface area contributed by atoms with Gasteiger partial charge in [0.2, 0.25) is 0 Å². The smallest absolute Gasteiger partial charge is 0.0584 e. The SMILES string of the molecule is CCC(C)C1SCC(CN2CCN(C(C)(C)C)CC2)N1C. The minimum atomic E-state index is 0.327. The molecule has 2 aliphatic heterocycles. The minimum Gasteiger partial charge on any atom is -0.299 e. The van der Waals surface area contributed by atoms with E-state index < -0.39 is 0 Å². The van der Waals surface area contributed by atoms with Gasteiger partial charge in [-0.05, 0) is 33.7 Å². The van der Waals surface area contributed by atoms with Gasteiger partial charge in [-0.3, -0.25) is 14.7 Å². The van der Waals surface area contributed by atoms with E-state index in [0.29, 0.717) is 5.54 Å². The highest BCUT2D eigenvalue weighted by Crippen LogP contribution is 2.34. The lowest BCUT2D eigenvalue weighted by Crippen LogP contribution is -2.55. The number of hydrogen-bond acceptors (Lipinski definition) is 4. The van der Waals surface area contributed by atoms with Gasteiger partial charge in [0.1, 0.15) is 0 Å². The van der Waals surface area contributed by atoms with Crippen LogP contribution in [-0.4, -0.2) is 77.2 Å². The highest BCUT2D eigenvalue weighted by molar-refractivity contribution is 8.00. The first-order valence-electron chi connectivity index (χ1n) is 8.64. The zero-order valence-electron chi connectivity index (χ0n) is 14.9. The van der Waals surface area contributed by atoms with Crippen LogP contribution in [0.1, 0.15) is 41.0 Å². The third-order valence-electron chi connectivity index (χ3n) is 5.36. The second-order valence-electron chi connectivity index (χ2n) is 7.89. The molecule has 0 radical (unpaired) electrons. The maximum absolute atomic E-state index is 2.68. The predicted octanol–water partition coefficient (Wildman–Crippen LogP) is 2.82. The van der Waals surface area contributed by atoms with Crippen LogP contribution in [-0.2, 0) is 0 Å². The number of nitrogens with zero attached hydrogens (tertiary/aromatic N) is 3. The molecule has 0 amide bonds. The van der Waals surface area contributed by atoms with E-state index in [4.69, 9.17) is 0 Å². The van der Waals surface area contributed by atoms with Crippen molar-refractivity contribution in [2.24, 2.45) is 5.92 Å². The van der Waals surface area contributed by atoms with E-state index in [1.165, 1.54) is 44.9 Å². The normalized spacial score (nSPS) is 31.7. The summed E-state index contributed by atoms with van der Waals surface area (Å²) < 4.78 is 0. The Morgan fingerprint density at radius 2 is 1.76 bits per heavy atom. The number of rotatable bonds is 4. The van der Waals surface area contributed by atoms with Gasteiger partial charge in [0.15, 0.2) is 0 Å². The number of hydrogen-bond donors (Lipinski definition) is 0. The molecule has 3 atom stereocenters. The molecule has 2 fully saturated rings. The Bertz CT molecular complexity index is 320. The summed E-state index contributed by atoms with van der Waals surface area (Å²) in [7, 11) is 2.34. The van der Waals surface area contributed by atoms with Gasteiger partial charge < -0.3 is 0 Å².